The summed E-state index contributed by atoms with van der Waals surface area (Å²) in [4.78, 5) is 2.38. The molecular formula is C17H20N2O. The second-order valence-electron chi connectivity index (χ2n) is 5.26. The summed E-state index contributed by atoms with van der Waals surface area (Å²) in [6.07, 6.45) is 2.31. The molecule has 0 unspecified atom stereocenters. The molecule has 0 bridgehead atoms. The summed E-state index contributed by atoms with van der Waals surface area (Å²) in [6, 6.07) is 14.6. The summed E-state index contributed by atoms with van der Waals surface area (Å²) in [6.45, 7) is 1.98. The van der Waals surface area contributed by atoms with Crippen LogP contribution in [0.3, 0.4) is 0 Å². The van der Waals surface area contributed by atoms with E-state index >= 15 is 0 Å². The Labute approximate surface area is 120 Å². The molecule has 1 heterocycles. The highest BCUT2D eigenvalue weighted by Gasteiger charge is 2.15. The Morgan fingerprint density at radius 1 is 1.10 bits per heavy atom. The third-order valence-corrected chi connectivity index (χ3v) is 3.87. The molecule has 3 rings (SSSR count). The molecule has 0 atom stereocenters. The zero-order chi connectivity index (χ0) is 13.9. The Morgan fingerprint density at radius 2 is 1.90 bits per heavy atom. The summed E-state index contributed by atoms with van der Waals surface area (Å²) in [5.41, 5.74) is 10.7. The second-order valence-corrected chi connectivity index (χ2v) is 5.26. The Bertz CT molecular complexity index is 610. The summed E-state index contributed by atoms with van der Waals surface area (Å²) < 4.78 is 5.32. The molecule has 2 N–H and O–H groups in total. The first-order valence-electron chi connectivity index (χ1n) is 7.02. The Morgan fingerprint density at radius 3 is 2.70 bits per heavy atom. The molecule has 0 radical (unpaired) electrons. The number of nitrogens with two attached hydrogens (primary N) is 1. The average Bonchev–Trinajstić information content (AvgIpc) is 2.68. The van der Waals surface area contributed by atoms with Gasteiger partial charge < -0.3 is 15.4 Å². The van der Waals surface area contributed by atoms with E-state index < -0.39 is 0 Å². The topological polar surface area (TPSA) is 38.5 Å². The molecule has 20 heavy (non-hydrogen) atoms. The SMILES string of the molecule is COc1cc(N)cc(N2CCCc3ccccc3C2)c1. The van der Waals surface area contributed by atoms with Crippen molar-refractivity contribution in [2.24, 2.45) is 0 Å². The quantitative estimate of drug-likeness (QED) is 0.850. The van der Waals surface area contributed by atoms with Gasteiger partial charge in [0.1, 0.15) is 5.75 Å². The maximum Gasteiger partial charge on any atom is 0.122 e. The molecule has 1 aliphatic rings. The van der Waals surface area contributed by atoms with E-state index in [9.17, 15) is 0 Å². The van der Waals surface area contributed by atoms with Gasteiger partial charge >= 0.3 is 0 Å². The fourth-order valence-electron chi connectivity index (χ4n) is 2.83. The van der Waals surface area contributed by atoms with Crippen LogP contribution in [-0.2, 0) is 13.0 Å². The van der Waals surface area contributed by atoms with E-state index in [1.165, 1.54) is 11.1 Å². The van der Waals surface area contributed by atoms with Gasteiger partial charge in [-0.2, -0.15) is 0 Å². The van der Waals surface area contributed by atoms with Crippen LogP contribution in [0, 0.1) is 0 Å². The van der Waals surface area contributed by atoms with Crippen molar-refractivity contribution in [2.75, 3.05) is 24.3 Å². The highest BCUT2D eigenvalue weighted by molar-refractivity contribution is 5.61. The van der Waals surface area contributed by atoms with E-state index in [-0.39, 0.29) is 0 Å². The molecule has 0 saturated carbocycles. The van der Waals surface area contributed by atoms with Gasteiger partial charge in [0, 0.05) is 36.6 Å². The van der Waals surface area contributed by atoms with Crippen LogP contribution in [0.15, 0.2) is 42.5 Å². The molecule has 2 aromatic rings. The molecule has 3 heteroatoms. The minimum atomic E-state index is 0.747. The molecule has 0 spiro atoms. The van der Waals surface area contributed by atoms with Crippen LogP contribution in [0.5, 0.6) is 5.75 Å². The van der Waals surface area contributed by atoms with Gasteiger partial charge in [-0.3, -0.25) is 0 Å². The summed E-state index contributed by atoms with van der Waals surface area (Å²) in [5.74, 6) is 0.817. The van der Waals surface area contributed by atoms with Gasteiger partial charge in [0.25, 0.3) is 0 Å². The lowest BCUT2D eigenvalue weighted by Gasteiger charge is -2.24. The van der Waals surface area contributed by atoms with Gasteiger partial charge in [-0.25, -0.2) is 0 Å². The molecule has 2 aromatic carbocycles. The van der Waals surface area contributed by atoms with Gasteiger partial charge in [-0.15, -0.1) is 0 Å². The number of methoxy groups -OCH3 is 1. The lowest BCUT2D eigenvalue weighted by Crippen LogP contribution is -2.22. The first-order valence-corrected chi connectivity index (χ1v) is 7.02. The van der Waals surface area contributed by atoms with E-state index in [4.69, 9.17) is 10.5 Å². The molecular weight excluding hydrogens is 248 g/mol. The number of hydrogen-bond acceptors (Lipinski definition) is 3. The molecule has 0 fully saturated rings. The zero-order valence-electron chi connectivity index (χ0n) is 11.8. The number of aryl methyl sites for hydroxylation is 1. The number of nitrogen functional groups attached to an aromatic ring is 1. The van der Waals surface area contributed by atoms with Crippen molar-refractivity contribution in [1.29, 1.82) is 0 Å². The van der Waals surface area contributed by atoms with Crippen molar-refractivity contribution in [3.8, 4) is 5.75 Å². The van der Waals surface area contributed by atoms with Crippen LogP contribution in [0.1, 0.15) is 17.5 Å². The first kappa shape index (κ1) is 12.9. The van der Waals surface area contributed by atoms with E-state index in [2.05, 4.69) is 35.2 Å². The molecule has 0 aliphatic carbocycles. The number of benzene rings is 2. The van der Waals surface area contributed by atoms with Crippen LogP contribution in [0.25, 0.3) is 0 Å². The molecule has 104 valence electrons. The minimum absolute atomic E-state index is 0.747. The summed E-state index contributed by atoms with van der Waals surface area (Å²) in [5, 5.41) is 0. The van der Waals surface area contributed by atoms with Crippen LogP contribution >= 0.6 is 0 Å². The van der Waals surface area contributed by atoms with E-state index in [0.717, 1.165) is 43.1 Å². The van der Waals surface area contributed by atoms with Crippen molar-refractivity contribution in [3.05, 3.63) is 53.6 Å². The van der Waals surface area contributed by atoms with Crippen molar-refractivity contribution >= 4 is 11.4 Å². The monoisotopic (exact) mass is 268 g/mol. The van der Waals surface area contributed by atoms with Crippen LogP contribution in [-0.4, -0.2) is 13.7 Å². The van der Waals surface area contributed by atoms with E-state index in [0.29, 0.717) is 0 Å². The fourth-order valence-corrected chi connectivity index (χ4v) is 2.83. The lowest BCUT2D eigenvalue weighted by molar-refractivity contribution is 0.415. The maximum atomic E-state index is 5.97. The Balaban J connectivity index is 1.93. The lowest BCUT2D eigenvalue weighted by atomic mass is 10.0. The Hall–Kier alpha value is -2.16. The number of nitrogens with zero attached hydrogens (tertiary/aromatic N) is 1. The third kappa shape index (κ3) is 2.57. The molecule has 3 nitrogen and oxygen atoms in total. The second kappa shape index (κ2) is 5.45. The largest absolute Gasteiger partial charge is 0.497 e. The smallest absolute Gasteiger partial charge is 0.122 e. The van der Waals surface area contributed by atoms with Gasteiger partial charge in [0.15, 0.2) is 0 Å². The molecule has 0 saturated heterocycles. The summed E-state index contributed by atoms with van der Waals surface area (Å²) >= 11 is 0. The van der Waals surface area contributed by atoms with Crippen molar-refractivity contribution in [3.63, 3.8) is 0 Å². The predicted octanol–water partition coefficient (Wildman–Crippen LogP) is 3.23. The third-order valence-electron chi connectivity index (χ3n) is 3.87. The normalized spacial score (nSPS) is 14.6. The first-order chi connectivity index (χ1) is 9.76. The number of rotatable bonds is 2. The number of fused-ring (bicyclic) bond motifs is 1. The van der Waals surface area contributed by atoms with Crippen molar-refractivity contribution < 1.29 is 4.74 Å². The van der Waals surface area contributed by atoms with Crippen LogP contribution in [0.4, 0.5) is 11.4 Å². The summed E-state index contributed by atoms with van der Waals surface area (Å²) in [7, 11) is 1.68. The van der Waals surface area contributed by atoms with Gasteiger partial charge in [0.2, 0.25) is 0 Å². The minimum Gasteiger partial charge on any atom is -0.497 e. The zero-order valence-corrected chi connectivity index (χ0v) is 11.8. The molecule has 0 aromatic heterocycles. The highest BCUT2D eigenvalue weighted by atomic mass is 16.5. The number of hydrogen-bond donors (Lipinski definition) is 1. The van der Waals surface area contributed by atoms with E-state index in [1.807, 2.05) is 12.1 Å². The standard InChI is InChI=1S/C17H20N2O/c1-20-17-10-15(18)9-16(11-17)19-8-4-7-13-5-2-3-6-14(13)12-19/h2-3,5-6,9-11H,4,7-8,12,18H2,1H3. The average molecular weight is 268 g/mol. The van der Waals surface area contributed by atoms with Crippen LogP contribution in [0.2, 0.25) is 0 Å². The number of anilines is 2. The van der Waals surface area contributed by atoms with Gasteiger partial charge in [-0.1, -0.05) is 24.3 Å². The van der Waals surface area contributed by atoms with Gasteiger partial charge in [0.05, 0.1) is 7.11 Å². The van der Waals surface area contributed by atoms with Crippen LogP contribution < -0.4 is 15.4 Å². The maximum absolute atomic E-state index is 5.97. The van der Waals surface area contributed by atoms with Crippen molar-refractivity contribution in [2.45, 2.75) is 19.4 Å². The van der Waals surface area contributed by atoms with E-state index in [1.54, 1.807) is 7.11 Å². The Kier molecular flexibility index (Phi) is 3.50. The van der Waals surface area contributed by atoms with Gasteiger partial charge in [-0.05, 0) is 30.0 Å². The molecule has 0 amide bonds. The van der Waals surface area contributed by atoms with Crippen molar-refractivity contribution in [1.82, 2.24) is 0 Å². The molecule has 1 aliphatic heterocycles. The predicted molar refractivity (Wildman–Crippen MR) is 83.2 cm³/mol. The fraction of sp³-hybridized carbons (Fsp3) is 0.294. The number of ether oxygens (including phenoxy) is 1. The highest BCUT2D eigenvalue weighted by Crippen LogP contribution is 2.29.